The number of nitrogens with one attached hydrogen (secondary N) is 1. The van der Waals surface area contributed by atoms with Crippen LogP contribution in [0.1, 0.15) is 30.1 Å². The molecule has 1 heterocycles. The topological polar surface area (TPSA) is 75.1 Å². The van der Waals surface area contributed by atoms with Crippen molar-refractivity contribution in [3.63, 3.8) is 0 Å². The van der Waals surface area contributed by atoms with E-state index < -0.39 is 5.97 Å². The van der Waals surface area contributed by atoms with Crippen molar-refractivity contribution in [2.45, 2.75) is 25.8 Å². The molecule has 1 saturated carbocycles. The number of nitrogens with zero attached hydrogens (tertiary/aromatic N) is 2. The Balaban J connectivity index is 2.15. The second kappa shape index (κ2) is 3.84. The zero-order valence-corrected chi connectivity index (χ0v) is 8.47. The summed E-state index contributed by atoms with van der Waals surface area (Å²) in [6.45, 7) is 2.04. The van der Waals surface area contributed by atoms with Gasteiger partial charge in [-0.2, -0.15) is 5.10 Å². The molecule has 15 heavy (non-hydrogen) atoms. The number of carboxylic acids is 1. The molecule has 80 valence electrons. The lowest BCUT2D eigenvalue weighted by atomic mass is 10.2. The van der Waals surface area contributed by atoms with Gasteiger partial charge in [-0.15, -0.1) is 5.10 Å². The number of rotatable bonds is 4. The summed E-state index contributed by atoms with van der Waals surface area (Å²) in [6, 6.07) is 1.72. The van der Waals surface area contributed by atoms with E-state index in [0.717, 1.165) is 0 Å². The second-order valence-corrected chi connectivity index (χ2v) is 3.87. The first kappa shape index (κ1) is 9.89. The Morgan fingerprint density at radius 2 is 2.40 bits per heavy atom. The third-order valence-corrected chi connectivity index (χ3v) is 2.64. The van der Waals surface area contributed by atoms with Gasteiger partial charge in [0, 0.05) is 6.04 Å². The quantitative estimate of drug-likeness (QED) is 0.780. The standard InChI is InChI=1S/C10H13N3O2/c1-6(7-2-3-7)12-9-8(10(14)15)4-5-11-13-9/h4-7H,2-3H2,1H3,(H,12,13)(H,14,15). The second-order valence-electron chi connectivity index (χ2n) is 3.87. The van der Waals surface area contributed by atoms with Crippen molar-refractivity contribution < 1.29 is 9.90 Å². The maximum atomic E-state index is 10.9. The van der Waals surface area contributed by atoms with Gasteiger partial charge < -0.3 is 10.4 Å². The first-order chi connectivity index (χ1) is 7.18. The summed E-state index contributed by atoms with van der Waals surface area (Å²) in [5, 5.41) is 19.5. The van der Waals surface area contributed by atoms with Crippen LogP contribution in [0.5, 0.6) is 0 Å². The van der Waals surface area contributed by atoms with Gasteiger partial charge in [-0.3, -0.25) is 0 Å². The van der Waals surface area contributed by atoms with Gasteiger partial charge in [0.2, 0.25) is 0 Å². The average molecular weight is 207 g/mol. The minimum absolute atomic E-state index is 0.178. The zero-order chi connectivity index (χ0) is 10.8. The van der Waals surface area contributed by atoms with Crippen LogP contribution in [0.4, 0.5) is 5.82 Å². The first-order valence-corrected chi connectivity index (χ1v) is 5.00. The minimum Gasteiger partial charge on any atom is -0.478 e. The number of carbonyl (C=O) groups is 1. The number of aromatic carboxylic acids is 1. The smallest absolute Gasteiger partial charge is 0.339 e. The highest BCUT2D eigenvalue weighted by molar-refractivity contribution is 5.92. The van der Waals surface area contributed by atoms with Crippen LogP contribution in [0.25, 0.3) is 0 Å². The van der Waals surface area contributed by atoms with E-state index in [1.807, 2.05) is 6.92 Å². The predicted molar refractivity (Wildman–Crippen MR) is 54.8 cm³/mol. The predicted octanol–water partition coefficient (Wildman–Crippen LogP) is 1.39. The number of hydrogen-bond donors (Lipinski definition) is 2. The van der Waals surface area contributed by atoms with Crippen LogP contribution >= 0.6 is 0 Å². The fourth-order valence-corrected chi connectivity index (χ4v) is 1.54. The van der Waals surface area contributed by atoms with E-state index in [1.165, 1.54) is 25.1 Å². The molecule has 2 N–H and O–H groups in total. The van der Waals surface area contributed by atoms with Crippen LogP contribution in [0.3, 0.4) is 0 Å². The summed E-state index contributed by atoms with van der Waals surface area (Å²) in [7, 11) is 0. The molecule has 1 atom stereocenters. The van der Waals surface area contributed by atoms with Gasteiger partial charge >= 0.3 is 5.97 Å². The largest absolute Gasteiger partial charge is 0.478 e. The molecule has 1 aromatic heterocycles. The van der Waals surface area contributed by atoms with Crippen molar-refractivity contribution in [2.24, 2.45) is 5.92 Å². The fraction of sp³-hybridized carbons (Fsp3) is 0.500. The van der Waals surface area contributed by atoms with Gasteiger partial charge in [0.1, 0.15) is 5.56 Å². The Morgan fingerprint density at radius 3 is 3.00 bits per heavy atom. The van der Waals surface area contributed by atoms with Crippen molar-refractivity contribution >= 4 is 11.8 Å². The molecule has 5 nitrogen and oxygen atoms in total. The van der Waals surface area contributed by atoms with Gasteiger partial charge in [0.05, 0.1) is 6.20 Å². The molecular weight excluding hydrogens is 194 g/mol. The lowest BCUT2D eigenvalue weighted by molar-refractivity contribution is 0.0697. The molecule has 1 aliphatic rings. The summed E-state index contributed by atoms with van der Waals surface area (Å²) in [5.74, 6) is 0.0356. The Labute approximate surface area is 87.5 Å². The van der Waals surface area contributed by atoms with Crippen LogP contribution in [0.15, 0.2) is 12.3 Å². The van der Waals surface area contributed by atoms with E-state index >= 15 is 0 Å². The lowest BCUT2D eigenvalue weighted by Crippen LogP contribution is -2.20. The minimum atomic E-state index is -0.976. The Morgan fingerprint density at radius 1 is 1.67 bits per heavy atom. The highest BCUT2D eigenvalue weighted by Gasteiger charge is 2.28. The molecule has 0 saturated heterocycles. The van der Waals surface area contributed by atoms with Crippen LogP contribution < -0.4 is 5.32 Å². The van der Waals surface area contributed by atoms with Crippen LogP contribution in [-0.2, 0) is 0 Å². The molecule has 1 fully saturated rings. The van der Waals surface area contributed by atoms with Gasteiger partial charge in [-0.1, -0.05) is 0 Å². The average Bonchev–Trinajstić information content (AvgIpc) is 3.01. The molecule has 5 heteroatoms. The summed E-state index contributed by atoms with van der Waals surface area (Å²) < 4.78 is 0. The molecule has 0 radical (unpaired) electrons. The monoisotopic (exact) mass is 207 g/mol. The fourth-order valence-electron chi connectivity index (χ4n) is 1.54. The maximum Gasteiger partial charge on any atom is 0.339 e. The highest BCUT2D eigenvalue weighted by atomic mass is 16.4. The van der Waals surface area contributed by atoms with Gasteiger partial charge in [-0.05, 0) is 31.7 Å². The third-order valence-electron chi connectivity index (χ3n) is 2.64. The van der Waals surface area contributed by atoms with E-state index in [9.17, 15) is 4.79 Å². The normalized spacial score (nSPS) is 17.1. The number of hydrogen-bond acceptors (Lipinski definition) is 4. The van der Waals surface area contributed by atoms with Crippen molar-refractivity contribution in [2.75, 3.05) is 5.32 Å². The van der Waals surface area contributed by atoms with Crippen molar-refractivity contribution in [1.82, 2.24) is 10.2 Å². The molecule has 1 unspecified atom stereocenters. The van der Waals surface area contributed by atoms with E-state index in [-0.39, 0.29) is 11.6 Å². The summed E-state index contributed by atoms with van der Waals surface area (Å²) >= 11 is 0. The SMILES string of the molecule is CC(Nc1nnccc1C(=O)O)C1CC1. The first-order valence-electron chi connectivity index (χ1n) is 5.00. The Kier molecular flexibility index (Phi) is 2.53. The van der Waals surface area contributed by atoms with E-state index in [0.29, 0.717) is 11.7 Å². The van der Waals surface area contributed by atoms with Crippen LogP contribution in [-0.4, -0.2) is 27.3 Å². The lowest BCUT2D eigenvalue weighted by Gasteiger charge is -2.13. The van der Waals surface area contributed by atoms with Gasteiger partial charge in [0.15, 0.2) is 5.82 Å². The van der Waals surface area contributed by atoms with E-state index in [4.69, 9.17) is 5.11 Å². The van der Waals surface area contributed by atoms with Crippen molar-refractivity contribution in [1.29, 1.82) is 0 Å². The Hall–Kier alpha value is -1.65. The molecular formula is C10H13N3O2. The number of carboxylic acid groups (broad SMARTS) is 1. The molecule has 0 bridgehead atoms. The van der Waals surface area contributed by atoms with Gasteiger partial charge in [-0.25, -0.2) is 4.79 Å². The molecule has 1 aromatic rings. The summed E-state index contributed by atoms with van der Waals surface area (Å²) in [4.78, 5) is 10.9. The number of anilines is 1. The summed E-state index contributed by atoms with van der Waals surface area (Å²) in [6.07, 6.45) is 3.80. The van der Waals surface area contributed by atoms with Crippen LogP contribution in [0, 0.1) is 5.92 Å². The maximum absolute atomic E-state index is 10.9. The zero-order valence-electron chi connectivity index (χ0n) is 8.47. The van der Waals surface area contributed by atoms with Crippen molar-refractivity contribution in [3.05, 3.63) is 17.8 Å². The Bertz CT molecular complexity index is 377. The molecule has 2 rings (SSSR count). The molecule has 0 aromatic carbocycles. The summed E-state index contributed by atoms with van der Waals surface area (Å²) in [5.41, 5.74) is 0.178. The van der Waals surface area contributed by atoms with E-state index in [1.54, 1.807) is 0 Å². The number of aromatic nitrogens is 2. The highest BCUT2D eigenvalue weighted by Crippen LogP contribution is 2.33. The molecule has 1 aliphatic carbocycles. The van der Waals surface area contributed by atoms with Crippen LogP contribution in [0.2, 0.25) is 0 Å². The molecule has 0 amide bonds. The van der Waals surface area contributed by atoms with E-state index in [2.05, 4.69) is 15.5 Å². The molecule has 0 spiro atoms. The van der Waals surface area contributed by atoms with Gasteiger partial charge in [0.25, 0.3) is 0 Å². The third kappa shape index (κ3) is 2.23. The van der Waals surface area contributed by atoms with Crippen molar-refractivity contribution in [3.8, 4) is 0 Å². The molecule has 0 aliphatic heterocycles.